The second-order valence-corrected chi connectivity index (χ2v) is 5.72. The summed E-state index contributed by atoms with van der Waals surface area (Å²) in [6, 6.07) is 0. The first-order chi connectivity index (χ1) is 9.78. The van der Waals surface area contributed by atoms with Gasteiger partial charge in [-0.25, -0.2) is 9.97 Å². The van der Waals surface area contributed by atoms with Crippen LogP contribution in [-0.2, 0) is 0 Å². The lowest BCUT2D eigenvalue weighted by molar-refractivity contribution is 0.435. The number of fused-ring (bicyclic) bond motifs is 1. The summed E-state index contributed by atoms with van der Waals surface area (Å²) in [4.78, 5) is 11.3. The van der Waals surface area contributed by atoms with Crippen molar-refractivity contribution in [1.82, 2.24) is 14.4 Å². The summed E-state index contributed by atoms with van der Waals surface area (Å²) in [5.41, 5.74) is 6.83. The molecule has 2 aromatic rings. The van der Waals surface area contributed by atoms with Gasteiger partial charge < -0.3 is 15.0 Å². The summed E-state index contributed by atoms with van der Waals surface area (Å²) in [6.07, 6.45) is 12.0. The van der Waals surface area contributed by atoms with E-state index in [9.17, 15) is 0 Å². The molecule has 0 saturated carbocycles. The molecule has 1 atom stereocenters. The maximum Gasteiger partial charge on any atom is 0.180 e. The van der Waals surface area contributed by atoms with Crippen LogP contribution in [0.4, 0.5) is 11.6 Å². The van der Waals surface area contributed by atoms with Gasteiger partial charge in [-0.1, -0.05) is 19.8 Å². The van der Waals surface area contributed by atoms with Crippen LogP contribution >= 0.6 is 0 Å². The van der Waals surface area contributed by atoms with Crippen molar-refractivity contribution < 1.29 is 0 Å². The molecule has 0 bridgehead atoms. The van der Waals surface area contributed by atoms with Crippen molar-refractivity contribution in [3.05, 3.63) is 18.6 Å². The zero-order valence-corrected chi connectivity index (χ0v) is 12.1. The van der Waals surface area contributed by atoms with E-state index in [-0.39, 0.29) is 0 Å². The molecular formula is C15H23N5. The van der Waals surface area contributed by atoms with Crippen molar-refractivity contribution >= 4 is 17.3 Å². The molecule has 1 unspecified atom stereocenters. The monoisotopic (exact) mass is 273 g/mol. The minimum absolute atomic E-state index is 0.555. The number of nitrogens with two attached hydrogens (primary N) is 1. The number of aromatic nitrogens is 3. The van der Waals surface area contributed by atoms with Crippen LogP contribution in [-0.4, -0.2) is 27.5 Å². The number of hydrogen-bond donors (Lipinski definition) is 1. The fraction of sp³-hybridized carbons (Fsp3) is 0.600. The number of nitrogen functional groups attached to an aromatic ring is 1. The molecule has 1 aliphatic rings. The summed E-state index contributed by atoms with van der Waals surface area (Å²) in [6.45, 7) is 4.39. The van der Waals surface area contributed by atoms with Gasteiger partial charge in [0.2, 0.25) is 0 Å². The lowest BCUT2D eigenvalue weighted by atomic mass is 9.96. The van der Waals surface area contributed by atoms with Crippen LogP contribution in [0, 0.1) is 5.92 Å². The maximum absolute atomic E-state index is 5.92. The Labute approximate surface area is 119 Å². The average Bonchev–Trinajstić information content (AvgIpc) is 2.77. The fourth-order valence-electron chi connectivity index (χ4n) is 3.22. The van der Waals surface area contributed by atoms with Crippen LogP contribution in [0.2, 0.25) is 0 Å². The molecular weight excluding hydrogens is 250 g/mol. The van der Waals surface area contributed by atoms with Crippen LogP contribution in [0.25, 0.3) is 5.65 Å². The van der Waals surface area contributed by atoms with Crippen LogP contribution in [0.5, 0.6) is 0 Å². The predicted molar refractivity (Wildman–Crippen MR) is 81.9 cm³/mol. The van der Waals surface area contributed by atoms with Gasteiger partial charge in [-0.3, -0.25) is 0 Å². The quantitative estimate of drug-likeness (QED) is 0.934. The largest absolute Gasteiger partial charge is 0.382 e. The number of anilines is 2. The van der Waals surface area contributed by atoms with Crippen molar-refractivity contribution in [2.75, 3.05) is 23.7 Å². The van der Waals surface area contributed by atoms with Gasteiger partial charge in [0.25, 0.3) is 0 Å². The molecule has 1 aliphatic heterocycles. The highest BCUT2D eigenvalue weighted by atomic mass is 15.2. The third-order valence-electron chi connectivity index (χ3n) is 4.22. The van der Waals surface area contributed by atoms with Crippen molar-refractivity contribution in [3.8, 4) is 0 Å². The summed E-state index contributed by atoms with van der Waals surface area (Å²) >= 11 is 0. The van der Waals surface area contributed by atoms with Gasteiger partial charge in [0, 0.05) is 25.5 Å². The Hall–Kier alpha value is -1.78. The molecule has 5 nitrogen and oxygen atoms in total. The molecule has 2 N–H and O–H groups in total. The molecule has 0 aliphatic carbocycles. The first-order valence-corrected chi connectivity index (χ1v) is 7.62. The number of hydrogen-bond acceptors (Lipinski definition) is 4. The van der Waals surface area contributed by atoms with Gasteiger partial charge >= 0.3 is 0 Å². The van der Waals surface area contributed by atoms with E-state index in [2.05, 4.69) is 21.8 Å². The molecule has 3 rings (SSSR count). The molecule has 0 amide bonds. The van der Waals surface area contributed by atoms with Crippen molar-refractivity contribution in [3.63, 3.8) is 0 Å². The Kier molecular flexibility index (Phi) is 3.76. The molecule has 1 fully saturated rings. The SMILES string of the molecule is CCCC1CCCN(c2nc(N)cn3ccnc23)CC1. The highest BCUT2D eigenvalue weighted by molar-refractivity contribution is 5.66. The first-order valence-electron chi connectivity index (χ1n) is 7.62. The molecule has 20 heavy (non-hydrogen) atoms. The molecule has 0 aromatic carbocycles. The lowest BCUT2D eigenvalue weighted by Crippen LogP contribution is -2.26. The zero-order chi connectivity index (χ0) is 13.9. The fourth-order valence-corrected chi connectivity index (χ4v) is 3.22. The highest BCUT2D eigenvalue weighted by Gasteiger charge is 2.20. The van der Waals surface area contributed by atoms with Gasteiger partial charge in [0.15, 0.2) is 11.5 Å². The summed E-state index contributed by atoms with van der Waals surface area (Å²) < 4.78 is 1.96. The molecule has 0 spiro atoms. The Bertz CT molecular complexity index is 577. The van der Waals surface area contributed by atoms with E-state index in [1.165, 1.54) is 32.1 Å². The van der Waals surface area contributed by atoms with Gasteiger partial charge in [-0.05, 0) is 25.2 Å². The van der Waals surface area contributed by atoms with Gasteiger partial charge in [0.05, 0.1) is 6.20 Å². The first kappa shape index (κ1) is 13.2. The zero-order valence-electron chi connectivity index (χ0n) is 12.1. The third kappa shape index (κ3) is 2.57. The van der Waals surface area contributed by atoms with E-state index in [0.29, 0.717) is 5.82 Å². The Balaban J connectivity index is 1.85. The highest BCUT2D eigenvalue weighted by Crippen LogP contribution is 2.26. The normalized spacial score (nSPS) is 20.2. The van der Waals surface area contributed by atoms with Gasteiger partial charge in [-0.2, -0.15) is 0 Å². The molecule has 3 heterocycles. The van der Waals surface area contributed by atoms with E-state index in [1.54, 1.807) is 6.20 Å². The number of nitrogens with zero attached hydrogens (tertiary/aromatic N) is 4. The third-order valence-corrected chi connectivity index (χ3v) is 4.22. The van der Waals surface area contributed by atoms with E-state index in [1.807, 2.05) is 16.8 Å². The van der Waals surface area contributed by atoms with Gasteiger partial charge in [0.1, 0.15) is 5.82 Å². The van der Waals surface area contributed by atoms with Crippen molar-refractivity contribution in [1.29, 1.82) is 0 Å². The summed E-state index contributed by atoms with van der Waals surface area (Å²) in [7, 11) is 0. The van der Waals surface area contributed by atoms with Crippen LogP contribution in [0.3, 0.4) is 0 Å². The summed E-state index contributed by atoms with van der Waals surface area (Å²) in [5, 5.41) is 0. The molecule has 5 heteroatoms. The topological polar surface area (TPSA) is 59.5 Å². The van der Waals surface area contributed by atoms with Crippen LogP contribution in [0.1, 0.15) is 39.0 Å². The van der Waals surface area contributed by atoms with E-state index < -0.39 is 0 Å². The summed E-state index contributed by atoms with van der Waals surface area (Å²) in [5.74, 6) is 2.36. The number of imidazole rings is 1. The predicted octanol–water partition coefficient (Wildman–Crippen LogP) is 2.72. The van der Waals surface area contributed by atoms with E-state index in [0.717, 1.165) is 30.5 Å². The Morgan fingerprint density at radius 3 is 3.10 bits per heavy atom. The van der Waals surface area contributed by atoms with E-state index in [4.69, 9.17) is 5.73 Å². The van der Waals surface area contributed by atoms with Crippen molar-refractivity contribution in [2.24, 2.45) is 5.92 Å². The maximum atomic E-state index is 5.92. The molecule has 0 radical (unpaired) electrons. The van der Waals surface area contributed by atoms with Crippen molar-refractivity contribution in [2.45, 2.75) is 39.0 Å². The lowest BCUT2D eigenvalue weighted by Gasteiger charge is -2.22. The average molecular weight is 273 g/mol. The Morgan fingerprint density at radius 1 is 1.35 bits per heavy atom. The Morgan fingerprint density at radius 2 is 2.25 bits per heavy atom. The van der Waals surface area contributed by atoms with Crippen LogP contribution in [0.15, 0.2) is 18.6 Å². The van der Waals surface area contributed by atoms with E-state index >= 15 is 0 Å². The second-order valence-electron chi connectivity index (χ2n) is 5.72. The molecule has 1 saturated heterocycles. The molecule has 2 aromatic heterocycles. The minimum Gasteiger partial charge on any atom is -0.382 e. The smallest absolute Gasteiger partial charge is 0.180 e. The van der Waals surface area contributed by atoms with Gasteiger partial charge in [-0.15, -0.1) is 0 Å². The number of rotatable bonds is 3. The second kappa shape index (κ2) is 5.69. The minimum atomic E-state index is 0.555. The standard InChI is InChI=1S/C15H23N5/c1-2-4-12-5-3-8-19(9-6-12)15-14-17-7-10-20(14)11-13(16)18-15/h7,10-12H,2-6,8-9,16H2,1H3. The van der Waals surface area contributed by atoms with Crippen LogP contribution < -0.4 is 10.6 Å². The molecule has 108 valence electrons.